The first kappa shape index (κ1) is 20.6. The standard InChI is InChI=1S/C23H42O3/c1-14(2)20-7-6-16-11-19(25)13-17-12-18(24)8-9-22(17,4)15(3)10-21(26)23(16,20)5/h14-21,24-26H,6-13H2,1-5H3/t15?,16?,17-,18-,19+,20-,21+,22-,23+/m1/s1. The second kappa shape index (κ2) is 7.37. The van der Waals surface area contributed by atoms with Crippen LogP contribution in [0.25, 0.3) is 0 Å². The quantitative estimate of drug-likeness (QED) is 0.645. The average Bonchev–Trinajstić information content (AvgIpc) is 2.88. The van der Waals surface area contributed by atoms with Crippen molar-refractivity contribution in [1.82, 2.24) is 0 Å². The predicted octanol–water partition coefficient (Wildman–Crippen LogP) is 4.38. The lowest BCUT2D eigenvalue weighted by Crippen LogP contribution is -2.49. The predicted molar refractivity (Wildman–Crippen MR) is 106 cm³/mol. The lowest BCUT2D eigenvalue weighted by Gasteiger charge is -2.52. The smallest absolute Gasteiger partial charge is 0.0601 e. The summed E-state index contributed by atoms with van der Waals surface area (Å²) < 4.78 is 0. The third-order valence-corrected chi connectivity index (χ3v) is 9.35. The topological polar surface area (TPSA) is 60.7 Å². The van der Waals surface area contributed by atoms with Crippen molar-refractivity contribution < 1.29 is 15.3 Å². The van der Waals surface area contributed by atoms with E-state index in [-0.39, 0.29) is 29.1 Å². The van der Waals surface area contributed by atoms with Crippen molar-refractivity contribution in [3.05, 3.63) is 0 Å². The van der Waals surface area contributed by atoms with Gasteiger partial charge in [-0.1, -0.05) is 34.6 Å². The van der Waals surface area contributed by atoms with Gasteiger partial charge >= 0.3 is 0 Å². The van der Waals surface area contributed by atoms with Crippen LogP contribution in [-0.4, -0.2) is 33.6 Å². The van der Waals surface area contributed by atoms with E-state index in [1.54, 1.807) is 0 Å². The molecule has 0 spiro atoms. The summed E-state index contributed by atoms with van der Waals surface area (Å²) in [6, 6.07) is 0. The first-order valence-corrected chi connectivity index (χ1v) is 11.1. The maximum Gasteiger partial charge on any atom is 0.0601 e. The molecule has 3 aliphatic carbocycles. The van der Waals surface area contributed by atoms with Gasteiger partial charge in [0.1, 0.15) is 0 Å². The highest BCUT2D eigenvalue weighted by molar-refractivity contribution is 5.04. The highest BCUT2D eigenvalue weighted by Gasteiger charge is 2.54. The molecule has 0 radical (unpaired) electrons. The maximum atomic E-state index is 11.5. The minimum absolute atomic E-state index is 0.0826. The molecule has 3 nitrogen and oxygen atoms in total. The van der Waals surface area contributed by atoms with Crippen molar-refractivity contribution in [3.63, 3.8) is 0 Å². The van der Waals surface area contributed by atoms with Crippen molar-refractivity contribution in [2.24, 2.45) is 40.4 Å². The van der Waals surface area contributed by atoms with Gasteiger partial charge in [0.25, 0.3) is 0 Å². The van der Waals surface area contributed by atoms with Crippen LogP contribution >= 0.6 is 0 Å². The van der Waals surface area contributed by atoms with E-state index in [0.717, 1.165) is 44.9 Å². The molecule has 0 aliphatic heterocycles. The van der Waals surface area contributed by atoms with Gasteiger partial charge in [-0.05, 0) is 91.8 Å². The van der Waals surface area contributed by atoms with Gasteiger partial charge in [0.05, 0.1) is 18.3 Å². The Bertz CT molecular complexity index is 492. The van der Waals surface area contributed by atoms with Crippen LogP contribution in [0.4, 0.5) is 0 Å². The second-order valence-electron chi connectivity index (χ2n) is 10.9. The lowest BCUT2D eigenvalue weighted by atomic mass is 9.55. The van der Waals surface area contributed by atoms with Crippen LogP contribution in [0.5, 0.6) is 0 Å². The molecule has 2 unspecified atom stereocenters. The van der Waals surface area contributed by atoms with E-state index in [1.165, 1.54) is 6.42 Å². The van der Waals surface area contributed by atoms with Crippen LogP contribution in [0.15, 0.2) is 0 Å². The largest absolute Gasteiger partial charge is 0.393 e. The summed E-state index contributed by atoms with van der Waals surface area (Å²) in [5.41, 5.74) is 0.0249. The molecule has 0 saturated heterocycles. The number of aliphatic hydroxyl groups is 3. The van der Waals surface area contributed by atoms with Gasteiger partial charge in [-0.15, -0.1) is 0 Å². The summed E-state index contributed by atoms with van der Waals surface area (Å²) >= 11 is 0. The molecule has 0 aromatic carbocycles. The van der Waals surface area contributed by atoms with Crippen molar-refractivity contribution in [2.45, 2.75) is 104 Å². The molecular formula is C23H42O3. The van der Waals surface area contributed by atoms with E-state index in [4.69, 9.17) is 0 Å². The number of aliphatic hydroxyl groups excluding tert-OH is 3. The number of rotatable bonds is 1. The van der Waals surface area contributed by atoms with Crippen molar-refractivity contribution in [3.8, 4) is 0 Å². The average molecular weight is 367 g/mol. The fourth-order valence-corrected chi connectivity index (χ4v) is 7.27. The van der Waals surface area contributed by atoms with Crippen LogP contribution in [0.3, 0.4) is 0 Å². The van der Waals surface area contributed by atoms with Crippen LogP contribution in [0.2, 0.25) is 0 Å². The van der Waals surface area contributed by atoms with Gasteiger partial charge in [-0.2, -0.15) is 0 Å². The van der Waals surface area contributed by atoms with Crippen molar-refractivity contribution in [1.29, 1.82) is 0 Å². The first-order chi connectivity index (χ1) is 12.1. The zero-order valence-corrected chi connectivity index (χ0v) is 17.6. The van der Waals surface area contributed by atoms with E-state index >= 15 is 0 Å². The Morgan fingerprint density at radius 2 is 1.42 bits per heavy atom. The summed E-state index contributed by atoms with van der Waals surface area (Å²) in [6.45, 7) is 11.6. The molecule has 26 heavy (non-hydrogen) atoms. The van der Waals surface area contributed by atoms with Crippen LogP contribution in [-0.2, 0) is 0 Å². The minimum atomic E-state index is -0.308. The van der Waals surface area contributed by atoms with Crippen LogP contribution in [0, 0.1) is 40.4 Å². The Morgan fingerprint density at radius 3 is 2.08 bits per heavy atom. The molecule has 152 valence electrons. The molecule has 9 atom stereocenters. The molecule has 3 saturated carbocycles. The van der Waals surface area contributed by atoms with Crippen LogP contribution in [0.1, 0.15) is 86.0 Å². The Balaban J connectivity index is 1.93. The summed E-state index contributed by atoms with van der Waals surface area (Å²) in [4.78, 5) is 0. The van der Waals surface area contributed by atoms with E-state index < -0.39 is 0 Å². The SMILES string of the molecule is CC(C)[C@H]1CCC2C[C@H](O)C[C@H]3C[C@H](O)CC[C@]3(C)C(C)C[C@H](O)[C@@]21C. The normalized spacial score (nSPS) is 53.2. The molecule has 0 bridgehead atoms. The number of hydrogen-bond donors (Lipinski definition) is 3. The Morgan fingerprint density at radius 1 is 0.808 bits per heavy atom. The highest BCUT2D eigenvalue weighted by Crippen LogP contribution is 2.58. The van der Waals surface area contributed by atoms with Gasteiger partial charge in [0.2, 0.25) is 0 Å². The second-order valence-corrected chi connectivity index (χ2v) is 10.9. The Kier molecular flexibility index (Phi) is 5.84. The monoisotopic (exact) mass is 366 g/mol. The van der Waals surface area contributed by atoms with Gasteiger partial charge in [0, 0.05) is 0 Å². The van der Waals surface area contributed by atoms with Gasteiger partial charge in [0.15, 0.2) is 0 Å². The first-order valence-electron chi connectivity index (χ1n) is 11.1. The van der Waals surface area contributed by atoms with E-state index in [2.05, 4.69) is 34.6 Å². The third-order valence-electron chi connectivity index (χ3n) is 9.35. The maximum absolute atomic E-state index is 11.5. The third kappa shape index (κ3) is 3.37. The number of fused-ring (bicyclic) bond motifs is 2. The minimum Gasteiger partial charge on any atom is -0.393 e. The van der Waals surface area contributed by atoms with E-state index in [1.807, 2.05) is 0 Å². The van der Waals surface area contributed by atoms with Gasteiger partial charge in [-0.3, -0.25) is 0 Å². The molecule has 3 aliphatic rings. The molecule has 0 aromatic heterocycles. The lowest BCUT2D eigenvalue weighted by molar-refractivity contribution is -0.101. The van der Waals surface area contributed by atoms with E-state index in [9.17, 15) is 15.3 Å². The number of hydrogen-bond acceptors (Lipinski definition) is 3. The fraction of sp³-hybridized carbons (Fsp3) is 1.00. The molecule has 3 N–H and O–H groups in total. The Labute approximate surface area is 160 Å². The van der Waals surface area contributed by atoms with Crippen molar-refractivity contribution >= 4 is 0 Å². The molecular weight excluding hydrogens is 324 g/mol. The molecule has 3 rings (SSSR count). The summed E-state index contributed by atoms with van der Waals surface area (Å²) in [5, 5.41) is 32.7. The molecule has 0 amide bonds. The van der Waals surface area contributed by atoms with E-state index in [0.29, 0.717) is 29.6 Å². The van der Waals surface area contributed by atoms with Gasteiger partial charge < -0.3 is 15.3 Å². The van der Waals surface area contributed by atoms with Gasteiger partial charge in [-0.25, -0.2) is 0 Å². The summed E-state index contributed by atoms with van der Waals surface area (Å²) in [5.74, 6) is 2.28. The van der Waals surface area contributed by atoms with Crippen molar-refractivity contribution in [2.75, 3.05) is 0 Å². The zero-order chi connectivity index (χ0) is 19.3. The summed E-state index contributed by atoms with van der Waals surface area (Å²) in [6.07, 6.45) is 6.64. The molecule has 3 fully saturated rings. The molecule has 0 heterocycles. The van der Waals surface area contributed by atoms with Crippen LogP contribution < -0.4 is 0 Å². The molecule has 0 aromatic rings. The highest BCUT2D eigenvalue weighted by atomic mass is 16.3. The zero-order valence-electron chi connectivity index (χ0n) is 17.6. The Hall–Kier alpha value is -0.120. The fourth-order valence-electron chi connectivity index (χ4n) is 7.27. The molecule has 3 heteroatoms. The summed E-state index contributed by atoms with van der Waals surface area (Å²) in [7, 11) is 0.